The Bertz CT molecular complexity index is 1160. The van der Waals surface area contributed by atoms with E-state index in [2.05, 4.69) is 11.6 Å². The van der Waals surface area contributed by atoms with E-state index in [1.807, 2.05) is 54.6 Å². The number of hydrogen-bond acceptors (Lipinski definition) is 5. The molecule has 5 nitrogen and oxygen atoms in total. The maximum absolute atomic E-state index is 12.4. The summed E-state index contributed by atoms with van der Waals surface area (Å²) in [6.07, 6.45) is 3.28. The fourth-order valence-corrected chi connectivity index (χ4v) is 3.11. The summed E-state index contributed by atoms with van der Waals surface area (Å²) in [7, 11) is 1.56. The van der Waals surface area contributed by atoms with Gasteiger partial charge in [0.15, 0.2) is 17.2 Å². The zero-order valence-electron chi connectivity index (χ0n) is 15.9. The first-order valence-electron chi connectivity index (χ1n) is 9.12. The van der Waals surface area contributed by atoms with Crippen LogP contribution < -0.4 is 9.47 Å². The summed E-state index contributed by atoms with van der Waals surface area (Å²) in [5.74, 6) is 0.852. The summed E-state index contributed by atoms with van der Waals surface area (Å²) in [5.41, 5.74) is 1.61. The van der Waals surface area contributed by atoms with E-state index in [0.717, 1.165) is 16.3 Å². The van der Waals surface area contributed by atoms with Gasteiger partial charge in [-0.25, -0.2) is 9.79 Å². The molecule has 0 bridgehead atoms. The Balaban J connectivity index is 1.72. The van der Waals surface area contributed by atoms with Crippen LogP contribution in [-0.4, -0.2) is 25.6 Å². The van der Waals surface area contributed by atoms with Gasteiger partial charge in [-0.1, -0.05) is 55.1 Å². The maximum atomic E-state index is 12.4. The maximum Gasteiger partial charge on any atom is 0.363 e. The van der Waals surface area contributed by atoms with Crippen LogP contribution in [0.4, 0.5) is 0 Å². The van der Waals surface area contributed by atoms with Crippen LogP contribution >= 0.6 is 0 Å². The minimum atomic E-state index is -0.509. The fraction of sp³-hybridized carbons (Fsp3) is 0.0833. The number of benzene rings is 3. The number of cyclic esters (lactones) is 1. The lowest BCUT2D eigenvalue weighted by Gasteiger charge is -2.12. The number of ether oxygens (including phenoxy) is 3. The molecule has 3 aromatic rings. The van der Waals surface area contributed by atoms with Crippen LogP contribution in [0.1, 0.15) is 11.1 Å². The molecule has 29 heavy (non-hydrogen) atoms. The number of rotatable bonds is 6. The quantitative estimate of drug-likeness (QED) is 0.349. The lowest BCUT2D eigenvalue weighted by Crippen LogP contribution is -2.05. The number of esters is 1. The standard InChI is InChI=1S/C24H19NO4/c1-3-13-28-22-18(9-6-10-21(22)27-2)15-20-24(26)29-23(25-20)19-12-11-16-7-4-5-8-17(16)14-19/h3-12,14-15H,1,13H2,2H3/b20-15-. The number of nitrogens with zero attached hydrogens (tertiary/aromatic N) is 1. The van der Waals surface area contributed by atoms with Crippen molar-refractivity contribution >= 4 is 28.7 Å². The van der Waals surface area contributed by atoms with Crippen molar-refractivity contribution in [3.63, 3.8) is 0 Å². The summed E-state index contributed by atoms with van der Waals surface area (Å²) < 4.78 is 16.5. The number of hydrogen-bond donors (Lipinski definition) is 0. The number of fused-ring (bicyclic) bond motifs is 1. The molecular weight excluding hydrogens is 366 g/mol. The summed E-state index contributed by atoms with van der Waals surface area (Å²) in [6, 6.07) is 19.2. The molecule has 0 unspecified atom stereocenters. The Kier molecular flexibility index (Phi) is 5.12. The van der Waals surface area contributed by atoms with Crippen LogP contribution in [0.3, 0.4) is 0 Å². The first kappa shape index (κ1) is 18.5. The molecule has 0 radical (unpaired) electrons. The molecule has 0 N–H and O–H groups in total. The third kappa shape index (κ3) is 3.75. The molecule has 0 fully saturated rings. The first-order valence-corrected chi connectivity index (χ1v) is 9.12. The predicted molar refractivity (Wildman–Crippen MR) is 113 cm³/mol. The molecule has 1 heterocycles. The second-order valence-corrected chi connectivity index (χ2v) is 6.38. The number of aliphatic imine (C=N–C) groups is 1. The monoisotopic (exact) mass is 385 g/mol. The normalized spacial score (nSPS) is 14.6. The average molecular weight is 385 g/mol. The molecule has 5 heteroatoms. The summed E-state index contributed by atoms with van der Waals surface area (Å²) in [6.45, 7) is 3.98. The third-order valence-corrected chi connectivity index (χ3v) is 4.48. The van der Waals surface area contributed by atoms with Gasteiger partial charge in [0, 0.05) is 11.1 Å². The highest BCUT2D eigenvalue weighted by Gasteiger charge is 2.25. The zero-order chi connectivity index (χ0) is 20.2. The van der Waals surface area contributed by atoms with Gasteiger partial charge < -0.3 is 14.2 Å². The topological polar surface area (TPSA) is 57.1 Å². The van der Waals surface area contributed by atoms with Crippen LogP contribution in [0.15, 0.2) is 84.0 Å². The second-order valence-electron chi connectivity index (χ2n) is 6.38. The lowest BCUT2D eigenvalue weighted by molar-refractivity contribution is -0.129. The van der Waals surface area contributed by atoms with Crippen molar-refractivity contribution in [1.29, 1.82) is 0 Å². The number of carbonyl (C=O) groups is 1. The molecule has 144 valence electrons. The molecule has 0 aliphatic carbocycles. The molecule has 1 aliphatic heterocycles. The summed E-state index contributed by atoms with van der Waals surface area (Å²) in [4.78, 5) is 16.8. The van der Waals surface area contributed by atoms with E-state index in [1.165, 1.54) is 0 Å². The van der Waals surface area contributed by atoms with Gasteiger partial charge in [0.05, 0.1) is 7.11 Å². The van der Waals surface area contributed by atoms with Gasteiger partial charge >= 0.3 is 5.97 Å². The first-order chi connectivity index (χ1) is 14.2. The molecule has 0 saturated carbocycles. The van der Waals surface area contributed by atoms with E-state index < -0.39 is 5.97 Å². The Morgan fingerprint density at radius 2 is 1.90 bits per heavy atom. The van der Waals surface area contributed by atoms with Crippen LogP contribution in [-0.2, 0) is 9.53 Å². The minimum Gasteiger partial charge on any atom is -0.493 e. The SMILES string of the molecule is C=CCOc1c(/C=C2\N=C(c3ccc4ccccc4c3)OC2=O)cccc1OC. The fourth-order valence-electron chi connectivity index (χ4n) is 3.11. The van der Waals surface area contributed by atoms with Crippen molar-refractivity contribution in [2.45, 2.75) is 0 Å². The second kappa shape index (κ2) is 8.02. The molecule has 3 aromatic carbocycles. The van der Waals surface area contributed by atoms with Gasteiger partial charge in [-0.05, 0) is 35.0 Å². The van der Waals surface area contributed by atoms with Crippen molar-refractivity contribution in [1.82, 2.24) is 0 Å². The largest absolute Gasteiger partial charge is 0.493 e. The van der Waals surface area contributed by atoms with Gasteiger partial charge in [0.25, 0.3) is 0 Å². The highest BCUT2D eigenvalue weighted by molar-refractivity contribution is 6.13. The van der Waals surface area contributed by atoms with E-state index in [4.69, 9.17) is 14.2 Å². The minimum absolute atomic E-state index is 0.199. The Morgan fingerprint density at radius 1 is 1.07 bits per heavy atom. The average Bonchev–Trinajstić information content (AvgIpc) is 3.12. The van der Waals surface area contributed by atoms with Gasteiger partial charge in [0.2, 0.25) is 5.90 Å². The summed E-state index contributed by atoms with van der Waals surface area (Å²) in [5, 5.41) is 2.16. The van der Waals surface area contributed by atoms with Gasteiger partial charge in [-0.3, -0.25) is 0 Å². The lowest BCUT2D eigenvalue weighted by atomic mass is 10.1. The van der Waals surface area contributed by atoms with Crippen molar-refractivity contribution in [2.75, 3.05) is 13.7 Å². The molecule has 0 spiro atoms. The van der Waals surface area contributed by atoms with Gasteiger partial charge in [-0.15, -0.1) is 0 Å². The Hall–Kier alpha value is -3.86. The van der Waals surface area contributed by atoms with Crippen LogP contribution in [0.5, 0.6) is 11.5 Å². The smallest absolute Gasteiger partial charge is 0.363 e. The molecule has 0 amide bonds. The molecule has 1 aliphatic rings. The Morgan fingerprint density at radius 3 is 2.69 bits per heavy atom. The van der Waals surface area contributed by atoms with E-state index in [0.29, 0.717) is 23.7 Å². The third-order valence-electron chi connectivity index (χ3n) is 4.48. The molecule has 0 aromatic heterocycles. The van der Waals surface area contributed by atoms with Crippen LogP contribution in [0.2, 0.25) is 0 Å². The van der Waals surface area contributed by atoms with Gasteiger partial charge in [0.1, 0.15) is 6.61 Å². The van der Waals surface area contributed by atoms with Crippen molar-refractivity contribution in [3.05, 3.63) is 90.1 Å². The van der Waals surface area contributed by atoms with Crippen molar-refractivity contribution in [2.24, 2.45) is 4.99 Å². The van der Waals surface area contributed by atoms with Crippen molar-refractivity contribution < 1.29 is 19.0 Å². The summed E-state index contributed by atoms with van der Waals surface area (Å²) >= 11 is 0. The molecular formula is C24H19NO4. The van der Waals surface area contributed by atoms with E-state index in [1.54, 1.807) is 25.3 Å². The highest BCUT2D eigenvalue weighted by Crippen LogP contribution is 2.33. The number of carbonyl (C=O) groups excluding carboxylic acids is 1. The van der Waals surface area contributed by atoms with E-state index in [-0.39, 0.29) is 11.6 Å². The zero-order valence-corrected chi connectivity index (χ0v) is 15.9. The van der Waals surface area contributed by atoms with Crippen LogP contribution in [0, 0.1) is 0 Å². The number of para-hydroxylation sites is 1. The highest BCUT2D eigenvalue weighted by atomic mass is 16.6. The molecule has 0 saturated heterocycles. The van der Waals surface area contributed by atoms with Crippen LogP contribution in [0.25, 0.3) is 16.8 Å². The number of methoxy groups -OCH3 is 1. The predicted octanol–water partition coefficient (Wildman–Crippen LogP) is 4.76. The van der Waals surface area contributed by atoms with E-state index in [9.17, 15) is 4.79 Å². The molecule has 4 rings (SSSR count). The molecule has 0 atom stereocenters. The van der Waals surface area contributed by atoms with Crippen molar-refractivity contribution in [3.8, 4) is 11.5 Å². The Labute approximate surface area is 168 Å². The van der Waals surface area contributed by atoms with E-state index >= 15 is 0 Å². The van der Waals surface area contributed by atoms with Gasteiger partial charge in [-0.2, -0.15) is 0 Å².